The number of rotatable bonds is 6. The lowest BCUT2D eigenvalue weighted by atomic mass is 10.2. The van der Waals surface area contributed by atoms with E-state index in [0.29, 0.717) is 33.0 Å². The van der Waals surface area contributed by atoms with Crippen LogP contribution in [0.4, 0.5) is 11.4 Å². The molecule has 0 spiro atoms. The lowest BCUT2D eigenvalue weighted by Crippen LogP contribution is -2.26. The molecule has 1 heterocycles. The number of H-pyrrole nitrogens is 1. The van der Waals surface area contributed by atoms with E-state index in [1.807, 2.05) is 0 Å². The van der Waals surface area contributed by atoms with E-state index >= 15 is 0 Å². The summed E-state index contributed by atoms with van der Waals surface area (Å²) in [7, 11) is -3.92. The highest BCUT2D eigenvalue weighted by Gasteiger charge is 2.19. The number of carbonyl (C=O) groups is 1. The van der Waals surface area contributed by atoms with E-state index < -0.39 is 21.6 Å². The molecule has 1 amide bonds. The van der Waals surface area contributed by atoms with Crippen molar-refractivity contribution >= 4 is 49.9 Å². The van der Waals surface area contributed by atoms with Gasteiger partial charge in [-0.2, -0.15) is 0 Å². The van der Waals surface area contributed by atoms with Crippen molar-refractivity contribution in [3.63, 3.8) is 0 Å². The van der Waals surface area contributed by atoms with E-state index in [1.165, 1.54) is 16.7 Å². The van der Waals surface area contributed by atoms with Crippen molar-refractivity contribution in [3.05, 3.63) is 87.8 Å². The summed E-state index contributed by atoms with van der Waals surface area (Å²) in [6, 6.07) is 18.0. The molecule has 32 heavy (non-hydrogen) atoms. The lowest BCUT2D eigenvalue weighted by Gasteiger charge is -2.13. The van der Waals surface area contributed by atoms with Gasteiger partial charge in [0.25, 0.3) is 10.0 Å². The van der Waals surface area contributed by atoms with Crippen LogP contribution in [0, 0.1) is 6.92 Å². The van der Waals surface area contributed by atoms with Gasteiger partial charge in [-0.3, -0.25) is 14.1 Å². The minimum Gasteiger partial charge on any atom is -0.324 e. The molecule has 3 N–H and O–H groups in total. The van der Waals surface area contributed by atoms with Gasteiger partial charge in [0.05, 0.1) is 21.6 Å². The van der Waals surface area contributed by atoms with Gasteiger partial charge in [0, 0.05) is 10.7 Å². The number of para-hydroxylation sites is 2. The van der Waals surface area contributed by atoms with E-state index in [2.05, 4.69) is 15.0 Å². The first-order valence-electron chi connectivity index (χ1n) is 9.59. The monoisotopic (exact) mass is 470 g/mol. The molecule has 0 atom stereocenters. The Hall–Kier alpha value is -3.56. The van der Waals surface area contributed by atoms with Gasteiger partial charge in [0.1, 0.15) is 6.54 Å². The maximum atomic E-state index is 12.9. The average Bonchev–Trinajstić information content (AvgIpc) is 3.04. The maximum absolute atomic E-state index is 12.9. The molecular weight excluding hydrogens is 452 g/mol. The topological polar surface area (TPSA) is 113 Å². The molecule has 1 aromatic heterocycles. The fraction of sp³-hybridized carbons (Fsp3) is 0.0909. The third-order valence-electron chi connectivity index (χ3n) is 4.82. The fourth-order valence-electron chi connectivity index (χ4n) is 3.34. The van der Waals surface area contributed by atoms with Crippen molar-refractivity contribution in [2.75, 3.05) is 10.0 Å². The summed E-state index contributed by atoms with van der Waals surface area (Å²) in [5.41, 5.74) is 1.95. The van der Waals surface area contributed by atoms with E-state index in [1.54, 1.807) is 61.5 Å². The van der Waals surface area contributed by atoms with Crippen LogP contribution in [-0.4, -0.2) is 23.9 Å². The van der Waals surface area contributed by atoms with Gasteiger partial charge >= 0.3 is 5.69 Å². The number of hydrogen-bond acceptors (Lipinski definition) is 4. The number of hydrogen-bond donors (Lipinski definition) is 3. The molecule has 3 aromatic carbocycles. The highest BCUT2D eigenvalue weighted by atomic mass is 35.5. The molecule has 0 unspecified atom stereocenters. The zero-order chi connectivity index (χ0) is 22.9. The summed E-state index contributed by atoms with van der Waals surface area (Å²) in [6.07, 6.45) is 0. The van der Waals surface area contributed by atoms with Gasteiger partial charge in [-0.25, -0.2) is 13.2 Å². The highest BCUT2D eigenvalue weighted by Crippen LogP contribution is 2.24. The van der Waals surface area contributed by atoms with Crippen LogP contribution in [0.25, 0.3) is 11.0 Å². The van der Waals surface area contributed by atoms with Gasteiger partial charge in [0.2, 0.25) is 5.91 Å². The molecule has 0 aliphatic rings. The van der Waals surface area contributed by atoms with Gasteiger partial charge < -0.3 is 10.3 Å². The Balaban J connectivity index is 1.56. The predicted octanol–water partition coefficient (Wildman–Crippen LogP) is 3.73. The number of imidazole rings is 1. The van der Waals surface area contributed by atoms with Crippen molar-refractivity contribution in [2.45, 2.75) is 18.4 Å². The molecule has 0 aliphatic carbocycles. The predicted molar refractivity (Wildman–Crippen MR) is 125 cm³/mol. The molecule has 0 saturated heterocycles. The van der Waals surface area contributed by atoms with Crippen LogP contribution in [0.1, 0.15) is 5.56 Å². The first-order valence-corrected chi connectivity index (χ1v) is 11.5. The van der Waals surface area contributed by atoms with Gasteiger partial charge in [-0.15, -0.1) is 0 Å². The first-order chi connectivity index (χ1) is 15.2. The molecule has 4 rings (SSSR count). The molecule has 0 radical (unpaired) electrons. The summed E-state index contributed by atoms with van der Waals surface area (Å²) in [5.74, 6) is -0.466. The smallest absolute Gasteiger partial charge is 0.324 e. The van der Waals surface area contributed by atoms with Gasteiger partial charge in [0.15, 0.2) is 0 Å². The number of aromatic amines is 1. The van der Waals surface area contributed by atoms with Crippen molar-refractivity contribution in [1.29, 1.82) is 0 Å². The Morgan fingerprint density at radius 2 is 1.81 bits per heavy atom. The Morgan fingerprint density at radius 1 is 1.03 bits per heavy atom. The fourth-order valence-corrected chi connectivity index (χ4v) is 4.85. The van der Waals surface area contributed by atoms with E-state index in [9.17, 15) is 18.0 Å². The molecule has 0 fully saturated rings. The number of sulfonamides is 1. The number of benzene rings is 3. The number of carbonyl (C=O) groups excluding carboxylic acids is 1. The van der Waals surface area contributed by atoms with Crippen LogP contribution < -0.4 is 15.7 Å². The van der Waals surface area contributed by atoms with Crippen molar-refractivity contribution in [3.8, 4) is 0 Å². The zero-order valence-electron chi connectivity index (χ0n) is 16.9. The average molecular weight is 471 g/mol. The summed E-state index contributed by atoms with van der Waals surface area (Å²) in [4.78, 5) is 27.5. The minimum absolute atomic E-state index is 0.0135. The molecule has 0 saturated carbocycles. The third kappa shape index (κ3) is 4.53. The molecule has 8 nitrogen and oxygen atoms in total. The van der Waals surface area contributed by atoms with Crippen molar-refractivity contribution < 1.29 is 13.2 Å². The van der Waals surface area contributed by atoms with Crippen LogP contribution in [0.3, 0.4) is 0 Å². The van der Waals surface area contributed by atoms with Crippen LogP contribution in [0.2, 0.25) is 5.02 Å². The van der Waals surface area contributed by atoms with Crippen LogP contribution in [0.15, 0.2) is 76.4 Å². The first kappa shape index (κ1) is 21.7. The third-order valence-corrected chi connectivity index (χ3v) is 6.58. The molecule has 0 bridgehead atoms. The Morgan fingerprint density at radius 3 is 2.59 bits per heavy atom. The second-order valence-electron chi connectivity index (χ2n) is 7.18. The summed E-state index contributed by atoms with van der Waals surface area (Å²) < 4.78 is 29.6. The van der Waals surface area contributed by atoms with Crippen LogP contribution >= 0.6 is 11.6 Å². The number of aromatic nitrogens is 2. The largest absolute Gasteiger partial charge is 0.326 e. The normalized spacial score (nSPS) is 11.4. The van der Waals surface area contributed by atoms with Gasteiger partial charge in [-0.1, -0.05) is 35.9 Å². The Labute approximate surface area is 188 Å². The van der Waals surface area contributed by atoms with Crippen molar-refractivity contribution in [1.82, 2.24) is 9.55 Å². The Bertz CT molecular complexity index is 1490. The number of halogens is 1. The second-order valence-corrected chi connectivity index (χ2v) is 9.27. The Kier molecular flexibility index (Phi) is 5.77. The molecule has 0 aliphatic heterocycles. The zero-order valence-corrected chi connectivity index (χ0v) is 18.5. The van der Waals surface area contributed by atoms with E-state index in [4.69, 9.17) is 11.6 Å². The number of fused-ring (bicyclic) bond motifs is 1. The number of aryl methyl sites for hydroxylation is 1. The number of anilines is 2. The van der Waals surface area contributed by atoms with Crippen LogP contribution in [0.5, 0.6) is 0 Å². The highest BCUT2D eigenvalue weighted by molar-refractivity contribution is 7.92. The van der Waals surface area contributed by atoms with E-state index in [-0.39, 0.29) is 11.4 Å². The number of amides is 1. The molecule has 10 heteroatoms. The second kappa shape index (κ2) is 8.52. The summed E-state index contributed by atoms with van der Waals surface area (Å²) in [5, 5.41) is 3.06. The maximum Gasteiger partial charge on any atom is 0.326 e. The van der Waals surface area contributed by atoms with E-state index in [0.717, 1.165) is 0 Å². The summed E-state index contributed by atoms with van der Waals surface area (Å²) in [6.45, 7) is 1.43. The number of nitrogens with one attached hydrogen (secondary N) is 3. The lowest BCUT2D eigenvalue weighted by molar-refractivity contribution is -0.116. The quantitative estimate of drug-likeness (QED) is 0.398. The molecule has 164 valence electrons. The standard InChI is InChI=1S/C22H19ClN4O4S/c1-14-9-10-16(12-20(14)32(30,31)26-17-6-4-5-15(23)11-17)24-21(28)13-27-19-8-3-2-7-18(19)25-22(27)29/h2-12,26H,13H2,1H3,(H,24,28)(H,25,29). The summed E-state index contributed by atoms with van der Waals surface area (Å²) >= 11 is 5.93. The molecular formula is C22H19ClN4O4S. The molecule has 4 aromatic rings. The minimum atomic E-state index is -3.92. The number of nitrogens with zero attached hydrogens (tertiary/aromatic N) is 1. The van der Waals surface area contributed by atoms with Crippen molar-refractivity contribution in [2.24, 2.45) is 0 Å². The van der Waals surface area contributed by atoms with Gasteiger partial charge in [-0.05, 0) is 55.0 Å². The SMILES string of the molecule is Cc1ccc(NC(=O)Cn2c(=O)[nH]c3ccccc32)cc1S(=O)(=O)Nc1cccc(Cl)c1. The van der Waals surface area contributed by atoms with Crippen LogP contribution in [-0.2, 0) is 21.4 Å².